The van der Waals surface area contributed by atoms with Crippen LogP contribution in [0.25, 0.3) is 0 Å². The second-order valence-corrected chi connectivity index (χ2v) is 8.89. The smallest absolute Gasteiger partial charge is 0.416 e. The number of thiophene rings is 1. The normalized spacial score (nSPS) is 16.7. The number of alkyl halides is 3. The minimum Gasteiger partial charge on any atom is -0.451 e. The van der Waals surface area contributed by atoms with Crippen molar-refractivity contribution in [3.8, 4) is 0 Å². The van der Waals surface area contributed by atoms with Crippen LogP contribution in [0.4, 0.5) is 18.9 Å². The molecule has 0 radical (unpaired) electrons. The highest BCUT2D eigenvalue weighted by Crippen LogP contribution is 2.32. The second kappa shape index (κ2) is 8.90. The summed E-state index contributed by atoms with van der Waals surface area (Å²) < 4.78 is 44.0. The second-order valence-electron chi connectivity index (χ2n) is 7.76. The van der Waals surface area contributed by atoms with Crippen molar-refractivity contribution in [1.82, 2.24) is 4.90 Å². The zero-order chi connectivity index (χ0) is 22.0. The molecule has 1 aromatic heterocycles. The third kappa shape index (κ3) is 5.03. The van der Waals surface area contributed by atoms with E-state index in [9.17, 15) is 22.8 Å². The molecule has 0 bridgehead atoms. The molecule has 0 N–H and O–H groups in total. The van der Waals surface area contributed by atoms with Crippen LogP contribution in [0.2, 0.25) is 0 Å². The molecule has 0 spiro atoms. The average molecular weight is 452 g/mol. The van der Waals surface area contributed by atoms with Gasteiger partial charge in [0.15, 0.2) is 6.61 Å². The van der Waals surface area contributed by atoms with Crippen molar-refractivity contribution in [3.05, 3.63) is 51.2 Å². The van der Waals surface area contributed by atoms with Gasteiger partial charge in [0.1, 0.15) is 4.88 Å². The molecule has 0 unspecified atom stereocenters. The first-order valence-electron chi connectivity index (χ1n) is 10.3. The fourth-order valence-electron chi connectivity index (χ4n) is 3.97. The molecule has 1 aliphatic carbocycles. The van der Waals surface area contributed by atoms with E-state index in [2.05, 4.69) is 0 Å². The number of benzene rings is 1. The van der Waals surface area contributed by atoms with E-state index in [4.69, 9.17) is 4.74 Å². The number of esters is 1. The Morgan fingerprint density at radius 1 is 1.03 bits per heavy atom. The molecule has 166 valence electrons. The van der Waals surface area contributed by atoms with Crippen LogP contribution >= 0.6 is 11.3 Å². The minimum atomic E-state index is -4.39. The van der Waals surface area contributed by atoms with E-state index in [1.54, 1.807) is 11.0 Å². The molecule has 1 fully saturated rings. The maximum Gasteiger partial charge on any atom is 0.416 e. The minimum absolute atomic E-state index is 0.293. The molecule has 2 aromatic rings. The van der Waals surface area contributed by atoms with Crippen LogP contribution in [0, 0.1) is 0 Å². The standard InChI is InChI=1S/C22H23F3N2O3S/c23-22(24,25)16-5-3-6-17(13-16)26-8-10-27(11-9-26)20(28)14-30-21(29)19-12-15-4-1-2-7-18(15)31-19/h3,5-6,12-13H,1-2,4,7-11,14H2. The predicted molar refractivity (Wildman–Crippen MR) is 111 cm³/mol. The molecular formula is C22H23F3N2O3S. The van der Waals surface area contributed by atoms with Gasteiger partial charge < -0.3 is 14.5 Å². The number of halogens is 3. The summed E-state index contributed by atoms with van der Waals surface area (Å²) >= 11 is 1.45. The van der Waals surface area contributed by atoms with Crippen LogP contribution in [0.5, 0.6) is 0 Å². The highest BCUT2D eigenvalue weighted by molar-refractivity contribution is 7.14. The summed E-state index contributed by atoms with van der Waals surface area (Å²) in [5, 5.41) is 0. The van der Waals surface area contributed by atoms with Crippen LogP contribution in [-0.2, 0) is 28.5 Å². The summed E-state index contributed by atoms with van der Waals surface area (Å²) in [6.45, 7) is 1.22. The maximum atomic E-state index is 12.9. The highest BCUT2D eigenvalue weighted by Gasteiger charge is 2.31. The summed E-state index contributed by atoms with van der Waals surface area (Å²) in [5.41, 5.74) is 1.00. The van der Waals surface area contributed by atoms with Gasteiger partial charge in [-0.3, -0.25) is 4.79 Å². The molecular weight excluding hydrogens is 429 g/mol. The van der Waals surface area contributed by atoms with Crippen molar-refractivity contribution in [3.63, 3.8) is 0 Å². The van der Waals surface area contributed by atoms with Crippen molar-refractivity contribution >= 4 is 28.9 Å². The van der Waals surface area contributed by atoms with E-state index in [1.165, 1.54) is 27.8 Å². The van der Waals surface area contributed by atoms with E-state index in [-0.39, 0.29) is 12.5 Å². The lowest BCUT2D eigenvalue weighted by Crippen LogP contribution is -2.50. The van der Waals surface area contributed by atoms with Crippen molar-refractivity contribution in [2.75, 3.05) is 37.7 Å². The number of fused-ring (bicyclic) bond motifs is 1. The Labute approximate surface area is 182 Å². The Balaban J connectivity index is 1.28. The van der Waals surface area contributed by atoms with Crippen LogP contribution in [0.15, 0.2) is 30.3 Å². The molecule has 5 nitrogen and oxygen atoms in total. The van der Waals surface area contributed by atoms with Crippen molar-refractivity contribution in [1.29, 1.82) is 0 Å². The number of anilines is 1. The molecule has 1 aliphatic heterocycles. The predicted octanol–water partition coefficient (Wildman–Crippen LogP) is 4.15. The van der Waals surface area contributed by atoms with E-state index < -0.39 is 17.7 Å². The van der Waals surface area contributed by atoms with Gasteiger partial charge in [-0.05, 0) is 55.5 Å². The van der Waals surface area contributed by atoms with Gasteiger partial charge in [0.05, 0.1) is 5.56 Å². The molecule has 2 aliphatic rings. The topological polar surface area (TPSA) is 49.9 Å². The number of nitrogens with zero attached hydrogens (tertiary/aromatic N) is 2. The number of amides is 1. The maximum absolute atomic E-state index is 12.9. The number of rotatable bonds is 4. The lowest BCUT2D eigenvalue weighted by molar-refractivity contribution is -0.137. The highest BCUT2D eigenvalue weighted by atomic mass is 32.1. The van der Waals surface area contributed by atoms with Gasteiger partial charge in [-0.15, -0.1) is 11.3 Å². The number of hydrogen-bond donors (Lipinski definition) is 0. The van der Waals surface area contributed by atoms with Gasteiger partial charge in [-0.1, -0.05) is 6.07 Å². The summed E-state index contributed by atoms with van der Waals surface area (Å²) in [6.07, 6.45) is -0.160. The van der Waals surface area contributed by atoms with E-state index in [1.807, 2.05) is 11.0 Å². The quantitative estimate of drug-likeness (QED) is 0.654. The third-order valence-electron chi connectivity index (χ3n) is 5.70. The molecule has 1 amide bonds. The van der Waals surface area contributed by atoms with Crippen molar-refractivity contribution in [2.45, 2.75) is 31.9 Å². The van der Waals surface area contributed by atoms with Gasteiger partial charge in [0.2, 0.25) is 0 Å². The summed E-state index contributed by atoms with van der Waals surface area (Å²) in [4.78, 5) is 29.9. The lowest BCUT2D eigenvalue weighted by Gasteiger charge is -2.36. The van der Waals surface area contributed by atoms with Crippen LogP contribution in [0.1, 0.15) is 38.5 Å². The largest absolute Gasteiger partial charge is 0.451 e. The molecule has 4 rings (SSSR count). The van der Waals surface area contributed by atoms with Crippen LogP contribution < -0.4 is 4.90 Å². The Morgan fingerprint density at radius 3 is 2.48 bits per heavy atom. The Bertz CT molecular complexity index is 942. The number of hydrogen-bond acceptors (Lipinski definition) is 5. The zero-order valence-electron chi connectivity index (χ0n) is 16.9. The van der Waals surface area contributed by atoms with Crippen molar-refractivity contribution in [2.24, 2.45) is 0 Å². The summed E-state index contributed by atoms with van der Waals surface area (Å²) in [6, 6.07) is 7.06. The van der Waals surface area contributed by atoms with Crippen LogP contribution in [-0.4, -0.2) is 49.6 Å². The van der Waals surface area contributed by atoms with Gasteiger partial charge in [0, 0.05) is 36.7 Å². The molecule has 2 heterocycles. The van der Waals surface area contributed by atoms with Gasteiger partial charge >= 0.3 is 12.1 Å². The molecule has 1 aromatic carbocycles. The van der Waals surface area contributed by atoms with E-state index in [0.29, 0.717) is 36.7 Å². The Morgan fingerprint density at radius 2 is 1.77 bits per heavy atom. The average Bonchev–Trinajstić information content (AvgIpc) is 3.21. The van der Waals surface area contributed by atoms with Gasteiger partial charge in [0.25, 0.3) is 5.91 Å². The third-order valence-corrected chi connectivity index (χ3v) is 6.91. The first kappa shape index (κ1) is 21.7. The fraction of sp³-hybridized carbons (Fsp3) is 0.455. The van der Waals surface area contributed by atoms with Gasteiger partial charge in [-0.25, -0.2) is 4.79 Å². The number of carbonyl (C=O) groups is 2. The fourth-order valence-corrected chi connectivity index (χ4v) is 5.12. The van der Waals surface area contributed by atoms with Gasteiger partial charge in [-0.2, -0.15) is 13.2 Å². The molecule has 9 heteroatoms. The molecule has 1 saturated heterocycles. The van der Waals surface area contributed by atoms with Crippen molar-refractivity contribution < 1.29 is 27.5 Å². The number of aryl methyl sites for hydroxylation is 2. The molecule has 0 atom stereocenters. The first-order chi connectivity index (χ1) is 14.8. The molecule has 0 saturated carbocycles. The Kier molecular flexibility index (Phi) is 6.22. The monoisotopic (exact) mass is 452 g/mol. The SMILES string of the molecule is O=C(OCC(=O)N1CCN(c2cccc(C(F)(F)F)c2)CC1)c1cc2c(s1)CCCC2. The molecule has 31 heavy (non-hydrogen) atoms. The van der Waals surface area contributed by atoms with E-state index >= 15 is 0 Å². The zero-order valence-corrected chi connectivity index (χ0v) is 17.7. The lowest BCUT2D eigenvalue weighted by atomic mass is 9.99. The van der Waals surface area contributed by atoms with E-state index in [0.717, 1.165) is 37.8 Å². The summed E-state index contributed by atoms with van der Waals surface area (Å²) in [7, 11) is 0. The number of piperazine rings is 1. The number of carbonyl (C=O) groups excluding carboxylic acids is 2. The number of ether oxygens (including phenoxy) is 1. The summed E-state index contributed by atoms with van der Waals surface area (Å²) in [5.74, 6) is -0.770. The first-order valence-corrected chi connectivity index (χ1v) is 11.1. The van der Waals surface area contributed by atoms with Crippen LogP contribution in [0.3, 0.4) is 0 Å². The Hall–Kier alpha value is -2.55.